The minimum absolute atomic E-state index is 0. The maximum atomic E-state index is 5.65. The molecule has 84 valence electrons. The molecule has 0 saturated heterocycles. The van der Waals surface area contributed by atoms with E-state index in [0.717, 1.165) is 5.75 Å². The molecule has 2 rings (SSSR count). The van der Waals surface area contributed by atoms with Gasteiger partial charge >= 0.3 is 23.1 Å². The van der Waals surface area contributed by atoms with E-state index >= 15 is 0 Å². The molecule has 0 bridgehead atoms. The summed E-state index contributed by atoms with van der Waals surface area (Å²) in [7, 11) is 0. The summed E-state index contributed by atoms with van der Waals surface area (Å²) < 4.78 is 5.65. The summed E-state index contributed by atoms with van der Waals surface area (Å²) in [5.74, 6) is 0.886. The maximum Gasteiger partial charge on any atom is 2.00 e. The minimum atomic E-state index is 0. The molecule has 2 aromatic rings. The van der Waals surface area contributed by atoms with Gasteiger partial charge in [0.1, 0.15) is 6.61 Å². The van der Waals surface area contributed by atoms with Crippen molar-refractivity contribution in [3.63, 3.8) is 0 Å². The van der Waals surface area contributed by atoms with E-state index in [1.165, 1.54) is 11.1 Å². The molecular formula is C14H13BrMgO. The third-order valence-electron chi connectivity index (χ3n) is 2.34. The van der Waals surface area contributed by atoms with Crippen molar-refractivity contribution in [3.8, 4) is 5.75 Å². The van der Waals surface area contributed by atoms with Gasteiger partial charge < -0.3 is 21.7 Å². The predicted octanol–water partition coefficient (Wildman–Crippen LogP) is -0.00259. The Labute approximate surface area is 129 Å². The second kappa shape index (κ2) is 8.56. The summed E-state index contributed by atoms with van der Waals surface area (Å²) in [6.07, 6.45) is 0. The Morgan fingerprint density at radius 2 is 1.71 bits per heavy atom. The van der Waals surface area contributed by atoms with Crippen LogP contribution in [0.4, 0.5) is 0 Å². The Kier molecular flexibility index (Phi) is 8.30. The molecule has 0 fully saturated rings. The molecule has 2 aromatic carbocycles. The van der Waals surface area contributed by atoms with Crippen LogP contribution in [0.1, 0.15) is 11.1 Å². The molecule has 0 aliphatic heterocycles. The monoisotopic (exact) mass is 300 g/mol. The van der Waals surface area contributed by atoms with E-state index in [4.69, 9.17) is 4.74 Å². The normalized spacial score (nSPS) is 8.76. The van der Waals surface area contributed by atoms with Crippen LogP contribution in [0.15, 0.2) is 48.5 Å². The fourth-order valence-electron chi connectivity index (χ4n) is 1.40. The van der Waals surface area contributed by atoms with Crippen LogP contribution in [0, 0.1) is 13.0 Å². The minimum Gasteiger partial charge on any atom is -1.00 e. The van der Waals surface area contributed by atoms with Crippen LogP contribution in [0.25, 0.3) is 0 Å². The molecule has 0 saturated carbocycles. The fourth-order valence-corrected chi connectivity index (χ4v) is 1.40. The van der Waals surface area contributed by atoms with Gasteiger partial charge in [-0.25, -0.2) is 0 Å². The van der Waals surface area contributed by atoms with Crippen LogP contribution in [0.5, 0.6) is 5.75 Å². The van der Waals surface area contributed by atoms with Gasteiger partial charge in [-0.1, -0.05) is 24.3 Å². The van der Waals surface area contributed by atoms with E-state index in [-0.39, 0.29) is 40.0 Å². The van der Waals surface area contributed by atoms with Gasteiger partial charge in [0, 0.05) is 5.75 Å². The van der Waals surface area contributed by atoms with Gasteiger partial charge in [0.2, 0.25) is 0 Å². The number of hydrogen-bond donors (Lipinski definition) is 0. The average molecular weight is 301 g/mol. The molecule has 0 unspecified atom stereocenters. The van der Waals surface area contributed by atoms with Gasteiger partial charge in [-0.2, -0.15) is 18.2 Å². The number of benzene rings is 2. The number of aryl methyl sites for hydroxylation is 1. The van der Waals surface area contributed by atoms with Crippen molar-refractivity contribution in [1.82, 2.24) is 0 Å². The molecule has 0 spiro atoms. The van der Waals surface area contributed by atoms with Gasteiger partial charge in [0.15, 0.2) is 0 Å². The van der Waals surface area contributed by atoms with Crippen LogP contribution < -0.4 is 21.7 Å². The quantitative estimate of drug-likeness (QED) is 0.573. The van der Waals surface area contributed by atoms with Gasteiger partial charge in [0.05, 0.1) is 0 Å². The predicted molar refractivity (Wildman–Crippen MR) is 66.5 cm³/mol. The standard InChI is InChI=1S/C14H13O.BrH.Mg/c1-12-7-5-6-8-13(12)11-15-14-9-3-2-4-10-14;;/h3-10H,11H2,1H3;1H;/q-1;;+2/p-1. The summed E-state index contributed by atoms with van der Waals surface area (Å²) >= 11 is 0. The Bertz CT molecular complexity index is 431. The molecule has 0 radical (unpaired) electrons. The van der Waals surface area contributed by atoms with Crippen molar-refractivity contribution >= 4 is 23.1 Å². The molecular weight excluding hydrogens is 288 g/mol. The number of rotatable bonds is 3. The van der Waals surface area contributed by atoms with Crippen LogP contribution in [0.3, 0.4) is 0 Å². The summed E-state index contributed by atoms with van der Waals surface area (Å²) in [6.45, 7) is 2.72. The van der Waals surface area contributed by atoms with Crippen molar-refractivity contribution in [1.29, 1.82) is 0 Å². The Hall–Kier alpha value is -0.514. The smallest absolute Gasteiger partial charge is 1.00 e. The third kappa shape index (κ3) is 5.11. The van der Waals surface area contributed by atoms with E-state index in [2.05, 4.69) is 25.1 Å². The number of hydrogen-bond acceptors (Lipinski definition) is 1. The molecule has 17 heavy (non-hydrogen) atoms. The van der Waals surface area contributed by atoms with Crippen molar-refractivity contribution in [2.75, 3.05) is 0 Å². The second-order valence-electron chi connectivity index (χ2n) is 3.45. The number of halogens is 1. The summed E-state index contributed by atoms with van der Waals surface area (Å²) in [6, 6.07) is 18.8. The summed E-state index contributed by atoms with van der Waals surface area (Å²) in [5.41, 5.74) is 2.49. The SMILES string of the molecule is Cc1ccccc1COc1cc[c-]cc1.[Br-].[Mg+2]. The zero-order valence-corrected chi connectivity index (χ0v) is 12.8. The van der Waals surface area contributed by atoms with Crippen molar-refractivity contribution < 1.29 is 21.7 Å². The molecule has 0 aromatic heterocycles. The Morgan fingerprint density at radius 3 is 2.35 bits per heavy atom. The topological polar surface area (TPSA) is 9.23 Å². The van der Waals surface area contributed by atoms with Crippen LogP contribution in [-0.2, 0) is 6.61 Å². The largest absolute Gasteiger partial charge is 2.00 e. The van der Waals surface area contributed by atoms with E-state index in [0.29, 0.717) is 6.61 Å². The second-order valence-corrected chi connectivity index (χ2v) is 3.45. The zero-order valence-electron chi connectivity index (χ0n) is 9.82. The van der Waals surface area contributed by atoms with Crippen LogP contribution in [0.2, 0.25) is 0 Å². The van der Waals surface area contributed by atoms with Crippen LogP contribution in [-0.4, -0.2) is 23.1 Å². The van der Waals surface area contributed by atoms with Gasteiger partial charge in [-0.05, 0) is 18.1 Å². The van der Waals surface area contributed by atoms with Crippen LogP contribution >= 0.6 is 0 Å². The van der Waals surface area contributed by atoms with E-state index in [9.17, 15) is 0 Å². The van der Waals surface area contributed by atoms with Crippen molar-refractivity contribution in [2.45, 2.75) is 13.5 Å². The van der Waals surface area contributed by atoms with Gasteiger partial charge in [0.25, 0.3) is 0 Å². The average Bonchev–Trinajstić information content (AvgIpc) is 2.29. The van der Waals surface area contributed by atoms with Crippen molar-refractivity contribution in [2.24, 2.45) is 0 Å². The summed E-state index contributed by atoms with van der Waals surface area (Å²) in [4.78, 5) is 0. The number of ether oxygens (including phenoxy) is 1. The zero-order chi connectivity index (χ0) is 10.5. The molecule has 3 heteroatoms. The van der Waals surface area contributed by atoms with Gasteiger partial charge in [-0.3, -0.25) is 0 Å². The first-order valence-electron chi connectivity index (χ1n) is 5.00. The first-order chi connectivity index (χ1) is 7.36. The van der Waals surface area contributed by atoms with E-state index in [1.54, 1.807) is 0 Å². The van der Waals surface area contributed by atoms with Crippen molar-refractivity contribution in [3.05, 3.63) is 65.7 Å². The van der Waals surface area contributed by atoms with Gasteiger partial charge in [-0.15, -0.1) is 12.1 Å². The molecule has 0 atom stereocenters. The van der Waals surface area contributed by atoms with E-state index < -0.39 is 0 Å². The molecule has 0 amide bonds. The summed E-state index contributed by atoms with van der Waals surface area (Å²) in [5, 5.41) is 0. The molecule has 0 aliphatic carbocycles. The maximum absolute atomic E-state index is 5.65. The Balaban J connectivity index is 0.00000128. The first-order valence-corrected chi connectivity index (χ1v) is 5.00. The molecule has 0 N–H and O–H groups in total. The molecule has 0 heterocycles. The molecule has 1 nitrogen and oxygen atoms in total. The Morgan fingerprint density at radius 1 is 1.06 bits per heavy atom. The third-order valence-corrected chi connectivity index (χ3v) is 2.34. The first kappa shape index (κ1) is 16.5. The molecule has 0 aliphatic rings. The fraction of sp³-hybridized carbons (Fsp3) is 0.143. The van der Waals surface area contributed by atoms with E-state index in [1.807, 2.05) is 36.4 Å².